The molecule has 0 saturated carbocycles. The van der Waals surface area contributed by atoms with E-state index in [1.54, 1.807) is 0 Å². The van der Waals surface area contributed by atoms with E-state index >= 15 is 0 Å². The Morgan fingerprint density at radius 2 is 1.35 bits per heavy atom. The van der Waals surface area contributed by atoms with Crippen molar-refractivity contribution < 1.29 is 4.74 Å². The lowest BCUT2D eigenvalue weighted by Gasteiger charge is -2.23. The first-order valence-corrected chi connectivity index (χ1v) is 11.9. The van der Waals surface area contributed by atoms with E-state index in [9.17, 15) is 0 Å². The average Bonchev–Trinajstić information content (AvgIpc) is 3.53. The molecular weight excluding hydrogens is 420 g/mol. The molecule has 0 spiro atoms. The van der Waals surface area contributed by atoms with E-state index in [1.165, 1.54) is 21.9 Å². The Bertz CT molecular complexity index is 1520. The summed E-state index contributed by atoms with van der Waals surface area (Å²) in [5, 5.41) is 2.44. The van der Waals surface area contributed by atoms with Gasteiger partial charge in [-0.15, -0.1) is 0 Å². The van der Waals surface area contributed by atoms with Crippen LogP contribution in [-0.4, -0.2) is 19.9 Å². The van der Waals surface area contributed by atoms with Gasteiger partial charge < -0.3 is 14.7 Å². The van der Waals surface area contributed by atoms with Crippen molar-refractivity contribution >= 4 is 10.8 Å². The molecule has 3 aromatic carbocycles. The second kappa shape index (κ2) is 7.87. The summed E-state index contributed by atoms with van der Waals surface area (Å²) in [6, 6.07) is 17.5. The van der Waals surface area contributed by atoms with E-state index in [4.69, 9.17) is 4.74 Å². The molecule has 1 aliphatic heterocycles. The minimum absolute atomic E-state index is 0.369. The van der Waals surface area contributed by atoms with Gasteiger partial charge in [0.1, 0.15) is 24.0 Å². The Hall–Kier alpha value is -3.86. The zero-order valence-corrected chi connectivity index (χ0v) is 19.9. The van der Waals surface area contributed by atoms with Crippen molar-refractivity contribution in [3.05, 3.63) is 78.1 Å². The highest BCUT2D eigenvalue weighted by atomic mass is 16.5. The monoisotopic (exact) mass is 448 g/mol. The van der Waals surface area contributed by atoms with Crippen LogP contribution in [-0.2, 0) is 6.61 Å². The van der Waals surface area contributed by atoms with Crippen molar-refractivity contribution in [1.82, 2.24) is 19.9 Å². The standard InChI is InChI=1S/C29H28N4O/c1-16(2)28-30-13-25(32-28)19-6-8-21-18(11-19)5-9-22-23-10-7-20(12-27(23)34-15-24(21)22)26-14-31-29(33-26)17(3)4/h5-14,16-17H,15H2,1-4H3,(H,30,32)(H,31,33). The molecule has 0 amide bonds. The third kappa shape index (κ3) is 3.39. The number of ether oxygens (including phenoxy) is 1. The van der Waals surface area contributed by atoms with Crippen LogP contribution in [0.15, 0.2) is 60.9 Å². The predicted octanol–water partition coefficient (Wildman–Crippen LogP) is 7.43. The fraction of sp³-hybridized carbons (Fsp3) is 0.241. The molecule has 0 atom stereocenters. The number of hydrogen-bond acceptors (Lipinski definition) is 3. The average molecular weight is 449 g/mol. The van der Waals surface area contributed by atoms with Crippen LogP contribution in [0.4, 0.5) is 0 Å². The molecular formula is C29H28N4O. The molecule has 0 unspecified atom stereocenters. The number of hydrogen-bond donors (Lipinski definition) is 2. The van der Waals surface area contributed by atoms with Crippen molar-refractivity contribution in [2.75, 3.05) is 0 Å². The summed E-state index contributed by atoms with van der Waals surface area (Å²) in [5.41, 5.74) is 7.92. The summed E-state index contributed by atoms with van der Waals surface area (Å²) >= 11 is 0. The van der Waals surface area contributed by atoms with Crippen LogP contribution in [0.1, 0.15) is 56.7 Å². The highest BCUT2D eigenvalue weighted by Gasteiger charge is 2.21. The fourth-order valence-corrected chi connectivity index (χ4v) is 4.70. The van der Waals surface area contributed by atoms with Gasteiger partial charge in [-0.3, -0.25) is 0 Å². The Labute approximate surface area is 199 Å². The van der Waals surface area contributed by atoms with E-state index in [2.05, 4.69) is 96.2 Å². The summed E-state index contributed by atoms with van der Waals surface area (Å²) in [6.07, 6.45) is 3.83. The van der Waals surface area contributed by atoms with Crippen LogP contribution in [0.3, 0.4) is 0 Å². The van der Waals surface area contributed by atoms with Gasteiger partial charge in [0.2, 0.25) is 0 Å². The van der Waals surface area contributed by atoms with Gasteiger partial charge in [0.15, 0.2) is 0 Å². The van der Waals surface area contributed by atoms with Crippen molar-refractivity contribution in [2.24, 2.45) is 0 Å². The molecule has 0 aliphatic carbocycles. The molecule has 0 radical (unpaired) electrons. The molecule has 5 heteroatoms. The summed E-state index contributed by atoms with van der Waals surface area (Å²) in [7, 11) is 0. The van der Waals surface area contributed by atoms with Gasteiger partial charge in [-0.1, -0.05) is 58.0 Å². The number of imidazole rings is 2. The smallest absolute Gasteiger partial charge is 0.128 e. The lowest BCUT2D eigenvalue weighted by atomic mass is 9.91. The first-order valence-electron chi connectivity index (χ1n) is 11.9. The van der Waals surface area contributed by atoms with E-state index in [-0.39, 0.29) is 0 Å². The summed E-state index contributed by atoms with van der Waals surface area (Å²) in [4.78, 5) is 15.9. The van der Waals surface area contributed by atoms with E-state index in [1.807, 2.05) is 12.4 Å². The van der Waals surface area contributed by atoms with Crippen LogP contribution in [0.2, 0.25) is 0 Å². The second-order valence-electron chi connectivity index (χ2n) is 9.70. The Kier molecular flexibility index (Phi) is 4.80. The number of aromatic nitrogens is 4. The molecule has 5 aromatic rings. The van der Waals surface area contributed by atoms with Crippen LogP contribution in [0, 0.1) is 0 Å². The Morgan fingerprint density at radius 3 is 2.00 bits per heavy atom. The maximum absolute atomic E-state index is 6.27. The van der Waals surface area contributed by atoms with E-state index in [0.29, 0.717) is 18.4 Å². The minimum atomic E-state index is 0.369. The third-order valence-corrected chi connectivity index (χ3v) is 6.68. The van der Waals surface area contributed by atoms with Gasteiger partial charge >= 0.3 is 0 Å². The lowest BCUT2D eigenvalue weighted by Crippen LogP contribution is -2.06. The van der Waals surface area contributed by atoms with Gasteiger partial charge in [0.05, 0.1) is 23.8 Å². The molecule has 0 fully saturated rings. The molecule has 5 nitrogen and oxygen atoms in total. The predicted molar refractivity (Wildman–Crippen MR) is 137 cm³/mol. The first-order chi connectivity index (χ1) is 16.5. The van der Waals surface area contributed by atoms with Crippen LogP contribution >= 0.6 is 0 Å². The third-order valence-electron chi connectivity index (χ3n) is 6.68. The number of benzene rings is 3. The molecule has 0 bridgehead atoms. The number of fused-ring (bicyclic) bond motifs is 5. The van der Waals surface area contributed by atoms with Crippen LogP contribution in [0.5, 0.6) is 5.75 Å². The quantitative estimate of drug-likeness (QED) is 0.300. The van der Waals surface area contributed by atoms with Gasteiger partial charge in [-0.25, -0.2) is 9.97 Å². The summed E-state index contributed by atoms with van der Waals surface area (Å²) in [5.74, 6) is 3.68. The molecule has 34 heavy (non-hydrogen) atoms. The SMILES string of the molecule is CC(C)c1ncc(-c2ccc3c(c2)OCc2c-3ccc3cc(-c4cnc(C(C)C)[nH]4)ccc23)[nH]1. The zero-order valence-electron chi connectivity index (χ0n) is 19.9. The van der Waals surface area contributed by atoms with Crippen molar-refractivity contribution in [2.45, 2.75) is 46.1 Å². The normalized spacial score (nSPS) is 12.8. The van der Waals surface area contributed by atoms with Gasteiger partial charge in [-0.2, -0.15) is 0 Å². The van der Waals surface area contributed by atoms with Crippen LogP contribution in [0.25, 0.3) is 44.4 Å². The molecule has 0 saturated heterocycles. The number of nitrogens with one attached hydrogen (secondary N) is 2. The fourth-order valence-electron chi connectivity index (χ4n) is 4.70. The van der Waals surface area contributed by atoms with Gasteiger partial charge in [-0.05, 0) is 34.5 Å². The summed E-state index contributed by atoms with van der Waals surface area (Å²) < 4.78 is 6.27. The Balaban J connectivity index is 1.37. The van der Waals surface area contributed by atoms with Crippen LogP contribution < -0.4 is 4.74 Å². The molecule has 2 aromatic heterocycles. The number of rotatable bonds is 4. The maximum Gasteiger partial charge on any atom is 0.128 e. The summed E-state index contributed by atoms with van der Waals surface area (Å²) in [6.45, 7) is 9.13. The molecule has 2 N–H and O–H groups in total. The van der Waals surface area contributed by atoms with Crippen molar-refractivity contribution in [3.8, 4) is 39.4 Å². The highest BCUT2D eigenvalue weighted by Crippen LogP contribution is 2.42. The number of aromatic amines is 2. The second-order valence-corrected chi connectivity index (χ2v) is 9.70. The maximum atomic E-state index is 6.27. The molecule has 1 aliphatic rings. The Morgan fingerprint density at radius 1 is 0.735 bits per heavy atom. The van der Waals surface area contributed by atoms with Gasteiger partial charge in [0, 0.05) is 34.1 Å². The van der Waals surface area contributed by atoms with E-state index < -0.39 is 0 Å². The van der Waals surface area contributed by atoms with Crippen molar-refractivity contribution in [3.63, 3.8) is 0 Å². The molecule has 170 valence electrons. The zero-order chi connectivity index (χ0) is 23.4. The number of H-pyrrole nitrogens is 2. The molecule has 6 rings (SSSR count). The van der Waals surface area contributed by atoms with E-state index in [0.717, 1.165) is 45.5 Å². The lowest BCUT2D eigenvalue weighted by molar-refractivity contribution is 0.304. The first kappa shape index (κ1) is 20.7. The topological polar surface area (TPSA) is 66.6 Å². The largest absolute Gasteiger partial charge is 0.488 e. The number of nitrogens with zero attached hydrogens (tertiary/aromatic N) is 2. The minimum Gasteiger partial charge on any atom is -0.488 e. The molecule has 3 heterocycles. The van der Waals surface area contributed by atoms with Gasteiger partial charge in [0.25, 0.3) is 0 Å². The van der Waals surface area contributed by atoms with Crippen molar-refractivity contribution in [1.29, 1.82) is 0 Å². The highest BCUT2D eigenvalue weighted by molar-refractivity contribution is 5.95.